The Labute approximate surface area is 72.4 Å². The molecule has 2 N–H and O–H groups in total. The van der Waals surface area contributed by atoms with Crippen LogP contribution in [0.3, 0.4) is 0 Å². The van der Waals surface area contributed by atoms with E-state index in [1.54, 1.807) is 0 Å². The molecule has 1 aliphatic rings. The molecule has 2 atom stereocenters. The molecule has 0 heterocycles. The Morgan fingerprint density at radius 3 is 2.75 bits per heavy atom. The lowest BCUT2D eigenvalue weighted by molar-refractivity contribution is -0.141. The Bertz CT molecular complexity index is 179. The second kappa shape index (κ2) is 3.44. The summed E-state index contributed by atoms with van der Waals surface area (Å²) in [6, 6.07) is 0. The average Bonchev–Trinajstić information content (AvgIpc) is 2.33. The lowest BCUT2D eigenvalue weighted by Crippen LogP contribution is -2.16. The number of hydrogen-bond donors (Lipinski definition) is 2. The average molecular weight is 172 g/mol. The molecular formula is C9H16O3. The molecule has 2 unspecified atom stereocenters. The maximum Gasteiger partial charge on any atom is 0.306 e. The number of rotatable bonds is 3. The highest BCUT2D eigenvalue weighted by Gasteiger charge is 2.37. The molecule has 0 saturated heterocycles. The highest BCUT2D eigenvalue weighted by molar-refractivity contribution is 5.70. The number of carbonyl (C=O) groups is 1. The third-order valence-corrected chi connectivity index (χ3v) is 2.90. The van der Waals surface area contributed by atoms with E-state index in [-0.39, 0.29) is 17.9 Å². The molecule has 0 spiro atoms. The molecule has 70 valence electrons. The van der Waals surface area contributed by atoms with Crippen LogP contribution in [0.25, 0.3) is 0 Å². The third-order valence-electron chi connectivity index (χ3n) is 2.90. The SMILES string of the molecule is CC1(CCO)CCC(C(=O)O)C1. The zero-order valence-corrected chi connectivity index (χ0v) is 7.42. The molecule has 12 heavy (non-hydrogen) atoms. The Hall–Kier alpha value is -0.570. The Morgan fingerprint density at radius 2 is 2.33 bits per heavy atom. The molecule has 0 bridgehead atoms. The van der Waals surface area contributed by atoms with E-state index in [2.05, 4.69) is 6.92 Å². The van der Waals surface area contributed by atoms with Crippen molar-refractivity contribution in [3.05, 3.63) is 0 Å². The summed E-state index contributed by atoms with van der Waals surface area (Å²) in [5.74, 6) is -0.863. The van der Waals surface area contributed by atoms with Crippen molar-refractivity contribution in [1.29, 1.82) is 0 Å². The molecule has 1 rings (SSSR count). The quantitative estimate of drug-likeness (QED) is 0.673. The smallest absolute Gasteiger partial charge is 0.306 e. The number of carboxylic acids is 1. The summed E-state index contributed by atoms with van der Waals surface area (Å²) in [6.45, 7) is 2.23. The fourth-order valence-electron chi connectivity index (χ4n) is 2.03. The van der Waals surface area contributed by atoms with Gasteiger partial charge in [-0.2, -0.15) is 0 Å². The maximum atomic E-state index is 10.6. The van der Waals surface area contributed by atoms with Crippen molar-refractivity contribution in [3.63, 3.8) is 0 Å². The van der Waals surface area contributed by atoms with Crippen molar-refractivity contribution in [2.24, 2.45) is 11.3 Å². The van der Waals surface area contributed by atoms with Gasteiger partial charge in [0.1, 0.15) is 0 Å². The highest BCUT2D eigenvalue weighted by Crippen LogP contribution is 2.43. The molecular weight excluding hydrogens is 156 g/mol. The van der Waals surface area contributed by atoms with Crippen LogP contribution in [0.5, 0.6) is 0 Å². The lowest BCUT2D eigenvalue weighted by atomic mass is 9.84. The van der Waals surface area contributed by atoms with Gasteiger partial charge in [0.05, 0.1) is 5.92 Å². The van der Waals surface area contributed by atoms with E-state index in [0.29, 0.717) is 0 Å². The number of carboxylic acid groups (broad SMARTS) is 1. The van der Waals surface area contributed by atoms with Crippen LogP contribution in [-0.4, -0.2) is 22.8 Å². The van der Waals surface area contributed by atoms with Gasteiger partial charge in [0.25, 0.3) is 0 Å². The van der Waals surface area contributed by atoms with Crippen LogP contribution in [0.2, 0.25) is 0 Å². The second-order valence-electron chi connectivity index (χ2n) is 4.06. The lowest BCUT2D eigenvalue weighted by Gasteiger charge is -2.21. The molecule has 0 aromatic rings. The van der Waals surface area contributed by atoms with Crippen molar-refractivity contribution in [1.82, 2.24) is 0 Å². The van der Waals surface area contributed by atoms with Gasteiger partial charge in [0.15, 0.2) is 0 Å². The van der Waals surface area contributed by atoms with Gasteiger partial charge >= 0.3 is 5.97 Å². The van der Waals surface area contributed by atoms with E-state index in [0.717, 1.165) is 25.7 Å². The van der Waals surface area contributed by atoms with Crippen LogP contribution < -0.4 is 0 Å². The van der Waals surface area contributed by atoms with Crippen LogP contribution in [0.1, 0.15) is 32.6 Å². The van der Waals surface area contributed by atoms with E-state index in [9.17, 15) is 4.79 Å². The first-order chi connectivity index (χ1) is 5.57. The summed E-state index contributed by atoms with van der Waals surface area (Å²) in [5.41, 5.74) is 0.0673. The summed E-state index contributed by atoms with van der Waals surface area (Å²) < 4.78 is 0. The molecule has 0 aromatic heterocycles. The summed E-state index contributed by atoms with van der Waals surface area (Å²) in [4.78, 5) is 10.6. The van der Waals surface area contributed by atoms with Crippen molar-refractivity contribution < 1.29 is 15.0 Å². The largest absolute Gasteiger partial charge is 0.481 e. The van der Waals surface area contributed by atoms with Gasteiger partial charge < -0.3 is 10.2 Å². The van der Waals surface area contributed by atoms with Gasteiger partial charge in [-0.15, -0.1) is 0 Å². The first kappa shape index (κ1) is 9.52. The van der Waals surface area contributed by atoms with Gasteiger partial charge in [-0.1, -0.05) is 6.92 Å². The third kappa shape index (κ3) is 1.97. The van der Waals surface area contributed by atoms with E-state index < -0.39 is 5.97 Å². The number of aliphatic hydroxyl groups excluding tert-OH is 1. The fourth-order valence-corrected chi connectivity index (χ4v) is 2.03. The standard InChI is InChI=1S/C9H16O3/c1-9(4-5-10)3-2-7(6-9)8(11)12/h7,10H,2-6H2,1H3,(H,11,12). The molecule has 0 aliphatic heterocycles. The zero-order chi connectivity index (χ0) is 9.19. The monoisotopic (exact) mass is 172 g/mol. The first-order valence-electron chi connectivity index (χ1n) is 4.41. The Kier molecular flexibility index (Phi) is 2.73. The normalized spacial score (nSPS) is 35.3. The molecule has 1 aliphatic carbocycles. The van der Waals surface area contributed by atoms with E-state index in [1.165, 1.54) is 0 Å². The predicted molar refractivity (Wildman–Crippen MR) is 44.8 cm³/mol. The molecule has 0 aromatic carbocycles. The topological polar surface area (TPSA) is 57.5 Å². The van der Waals surface area contributed by atoms with Gasteiger partial charge in [0, 0.05) is 6.61 Å². The van der Waals surface area contributed by atoms with Crippen molar-refractivity contribution >= 4 is 5.97 Å². The fraction of sp³-hybridized carbons (Fsp3) is 0.889. The first-order valence-corrected chi connectivity index (χ1v) is 4.41. The molecule has 0 amide bonds. The van der Waals surface area contributed by atoms with Crippen molar-refractivity contribution in [2.45, 2.75) is 32.6 Å². The van der Waals surface area contributed by atoms with Crippen LogP contribution in [0, 0.1) is 11.3 Å². The van der Waals surface area contributed by atoms with Crippen molar-refractivity contribution in [2.75, 3.05) is 6.61 Å². The minimum Gasteiger partial charge on any atom is -0.481 e. The Morgan fingerprint density at radius 1 is 1.67 bits per heavy atom. The zero-order valence-electron chi connectivity index (χ0n) is 7.42. The summed E-state index contributed by atoms with van der Waals surface area (Å²) >= 11 is 0. The summed E-state index contributed by atoms with van der Waals surface area (Å²) in [5, 5.41) is 17.5. The van der Waals surface area contributed by atoms with Gasteiger partial charge in [-0.3, -0.25) is 4.79 Å². The van der Waals surface area contributed by atoms with E-state index in [4.69, 9.17) is 10.2 Å². The highest BCUT2D eigenvalue weighted by atomic mass is 16.4. The minimum absolute atomic E-state index is 0.0673. The molecule has 0 radical (unpaired) electrons. The summed E-state index contributed by atoms with van der Waals surface area (Å²) in [6.07, 6.45) is 3.16. The number of hydrogen-bond acceptors (Lipinski definition) is 2. The maximum absolute atomic E-state index is 10.6. The second-order valence-corrected chi connectivity index (χ2v) is 4.06. The summed E-state index contributed by atoms with van der Waals surface area (Å²) in [7, 11) is 0. The van der Waals surface area contributed by atoms with Gasteiger partial charge in [-0.05, 0) is 31.1 Å². The number of aliphatic hydroxyl groups is 1. The van der Waals surface area contributed by atoms with Gasteiger partial charge in [0.2, 0.25) is 0 Å². The number of aliphatic carboxylic acids is 1. The minimum atomic E-state index is -0.684. The van der Waals surface area contributed by atoms with Crippen LogP contribution in [0.15, 0.2) is 0 Å². The Balaban J connectivity index is 2.48. The van der Waals surface area contributed by atoms with Crippen LogP contribution in [-0.2, 0) is 4.79 Å². The van der Waals surface area contributed by atoms with Crippen LogP contribution in [0.4, 0.5) is 0 Å². The van der Waals surface area contributed by atoms with E-state index in [1.807, 2.05) is 0 Å². The molecule has 3 nitrogen and oxygen atoms in total. The molecule has 1 fully saturated rings. The van der Waals surface area contributed by atoms with Gasteiger partial charge in [-0.25, -0.2) is 0 Å². The van der Waals surface area contributed by atoms with Crippen molar-refractivity contribution in [3.8, 4) is 0 Å². The van der Waals surface area contributed by atoms with Crippen LogP contribution >= 0.6 is 0 Å². The predicted octanol–water partition coefficient (Wildman–Crippen LogP) is 1.26. The molecule has 3 heteroatoms. The van der Waals surface area contributed by atoms with E-state index >= 15 is 0 Å². The molecule has 1 saturated carbocycles.